The molecule has 0 bridgehead atoms. The molecule has 0 saturated carbocycles. The van der Waals surface area contributed by atoms with E-state index < -0.39 is 5.60 Å². The molecule has 4 rings (SSSR count). The second-order valence-corrected chi connectivity index (χ2v) is 9.17. The van der Waals surface area contributed by atoms with Gasteiger partial charge in [0.25, 0.3) is 0 Å². The molecule has 36 heavy (non-hydrogen) atoms. The summed E-state index contributed by atoms with van der Waals surface area (Å²) in [5.74, 6) is 1.60. The molecule has 1 N–H and O–H groups in total. The van der Waals surface area contributed by atoms with Gasteiger partial charge >= 0.3 is 0 Å². The van der Waals surface area contributed by atoms with Gasteiger partial charge in [0.15, 0.2) is 11.5 Å². The van der Waals surface area contributed by atoms with Gasteiger partial charge in [0.05, 0.1) is 33.3 Å². The van der Waals surface area contributed by atoms with E-state index in [1.54, 1.807) is 38.7 Å². The van der Waals surface area contributed by atoms with Crippen LogP contribution >= 0.6 is 0 Å². The third kappa shape index (κ3) is 7.19. The Morgan fingerprint density at radius 2 is 2.06 bits per heavy atom. The molecule has 1 aliphatic heterocycles. The van der Waals surface area contributed by atoms with Gasteiger partial charge < -0.3 is 28.6 Å². The molecule has 194 valence electrons. The van der Waals surface area contributed by atoms with Crippen LogP contribution in [0.3, 0.4) is 0 Å². The van der Waals surface area contributed by atoms with E-state index in [-0.39, 0.29) is 19.0 Å². The lowest BCUT2D eigenvalue weighted by Crippen LogP contribution is -2.48. The fraction of sp³-hybridized carbons (Fsp3) is 0.444. The van der Waals surface area contributed by atoms with Crippen LogP contribution in [0.2, 0.25) is 0 Å². The van der Waals surface area contributed by atoms with Crippen molar-refractivity contribution in [3.05, 3.63) is 72.1 Å². The summed E-state index contributed by atoms with van der Waals surface area (Å²) in [6, 6.07) is 10.5. The number of hydrogen-bond donors (Lipinski definition) is 1. The summed E-state index contributed by atoms with van der Waals surface area (Å²) in [5, 5.41) is 11.2. The topological polar surface area (TPSA) is 78.2 Å². The van der Waals surface area contributed by atoms with Crippen molar-refractivity contribution in [1.29, 1.82) is 0 Å². The van der Waals surface area contributed by atoms with Gasteiger partial charge in [-0.25, -0.2) is 9.37 Å². The number of halogens is 1. The van der Waals surface area contributed by atoms with E-state index in [2.05, 4.69) is 9.88 Å². The first kappa shape index (κ1) is 25.9. The molecule has 2 aromatic carbocycles. The molecule has 1 atom stereocenters. The number of β-amino-alcohol motifs (C(OH)–C–C–N with tert-alkyl or cyclic N) is 1. The van der Waals surface area contributed by atoms with Gasteiger partial charge in [-0.2, -0.15) is 0 Å². The van der Waals surface area contributed by atoms with Crippen molar-refractivity contribution in [2.24, 2.45) is 0 Å². The van der Waals surface area contributed by atoms with E-state index in [9.17, 15) is 9.50 Å². The molecule has 8 nitrogen and oxygen atoms in total. The average molecular weight is 500 g/mol. The van der Waals surface area contributed by atoms with Gasteiger partial charge in [0.1, 0.15) is 23.8 Å². The molecule has 0 radical (unpaired) electrons. The smallest absolute Gasteiger partial charge is 0.161 e. The highest BCUT2D eigenvalue weighted by atomic mass is 19.1. The number of methoxy groups -OCH3 is 1. The number of rotatable bonds is 11. The summed E-state index contributed by atoms with van der Waals surface area (Å²) in [6.07, 6.45) is 6.34. The van der Waals surface area contributed by atoms with Crippen LogP contribution in [0.4, 0.5) is 4.39 Å². The number of nitrogens with zero attached hydrogens (tertiary/aromatic N) is 3. The Hall–Kier alpha value is -3.14. The van der Waals surface area contributed by atoms with Crippen molar-refractivity contribution in [2.75, 3.05) is 46.6 Å². The van der Waals surface area contributed by atoms with Crippen molar-refractivity contribution in [3.8, 4) is 17.2 Å². The third-order valence-corrected chi connectivity index (χ3v) is 6.09. The van der Waals surface area contributed by atoms with Gasteiger partial charge in [0.2, 0.25) is 0 Å². The van der Waals surface area contributed by atoms with Crippen LogP contribution in [-0.2, 0) is 17.8 Å². The maximum atomic E-state index is 13.5. The number of aryl methyl sites for hydroxylation is 2. The summed E-state index contributed by atoms with van der Waals surface area (Å²) in [5.41, 5.74) is 0.344. The zero-order valence-corrected chi connectivity index (χ0v) is 20.9. The Morgan fingerprint density at radius 3 is 2.83 bits per heavy atom. The second kappa shape index (κ2) is 12.2. The molecule has 2 heterocycles. The SMILES string of the molecule is COc1cc(CN2CCOCC(O)(COc3ccc(F)c(C)c3)C2)ccc1OCCCn1ccnc1. The Balaban J connectivity index is 1.32. The first-order valence-corrected chi connectivity index (χ1v) is 12.1. The van der Waals surface area contributed by atoms with Gasteiger partial charge in [-0.1, -0.05) is 6.07 Å². The Kier molecular flexibility index (Phi) is 8.79. The Morgan fingerprint density at radius 1 is 1.17 bits per heavy atom. The lowest BCUT2D eigenvalue weighted by molar-refractivity contribution is -0.0646. The minimum absolute atomic E-state index is 0.0454. The molecular formula is C27H34FN3O5. The predicted octanol–water partition coefficient (Wildman–Crippen LogP) is 3.45. The van der Waals surface area contributed by atoms with E-state index >= 15 is 0 Å². The summed E-state index contributed by atoms with van der Waals surface area (Å²) in [6.45, 7) is 5.46. The standard InChI is InChI=1S/C27H34FN3O5/c1-21-14-23(5-6-24(21)28)36-19-27(32)17-31(11-13-34-18-27)16-22-4-7-25(26(15-22)33-2)35-12-3-9-30-10-8-29-20-30/h4-8,10,14-15,20,32H,3,9,11-13,16-19H2,1-2H3. The van der Waals surface area contributed by atoms with Crippen molar-refractivity contribution >= 4 is 0 Å². The van der Waals surface area contributed by atoms with Crippen molar-refractivity contribution in [1.82, 2.24) is 14.5 Å². The number of ether oxygens (including phenoxy) is 4. The quantitative estimate of drug-likeness (QED) is 0.405. The minimum Gasteiger partial charge on any atom is -0.493 e. The van der Waals surface area contributed by atoms with E-state index in [1.165, 1.54) is 6.07 Å². The summed E-state index contributed by atoms with van der Waals surface area (Å²) >= 11 is 0. The van der Waals surface area contributed by atoms with E-state index in [0.29, 0.717) is 55.7 Å². The number of hydrogen-bond acceptors (Lipinski definition) is 7. The molecule has 0 amide bonds. The molecule has 1 unspecified atom stereocenters. The number of aromatic nitrogens is 2. The fourth-order valence-electron chi connectivity index (χ4n) is 4.18. The van der Waals surface area contributed by atoms with Crippen LogP contribution in [-0.4, -0.2) is 71.8 Å². The predicted molar refractivity (Wildman–Crippen MR) is 133 cm³/mol. The Bertz CT molecular complexity index is 1110. The highest BCUT2D eigenvalue weighted by Crippen LogP contribution is 2.29. The molecule has 9 heteroatoms. The van der Waals surface area contributed by atoms with Crippen LogP contribution in [0, 0.1) is 12.7 Å². The molecule has 1 saturated heterocycles. The normalized spacial score (nSPS) is 18.6. The van der Waals surface area contributed by atoms with Crippen LogP contribution in [0.15, 0.2) is 55.1 Å². The van der Waals surface area contributed by atoms with Gasteiger partial charge in [-0.15, -0.1) is 0 Å². The van der Waals surface area contributed by atoms with Crippen LogP contribution in [0.25, 0.3) is 0 Å². The molecule has 3 aromatic rings. The lowest BCUT2D eigenvalue weighted by atomic mass is 10.1. The van der Waals surface area contributed by atoms with Crippen molar-refractivity contribution in [2.45, 2.75) is 32.0 Å². The van der Waals surface area contributed by atoms with Gasteiger partial charge in [-0.3, -0.25) is 4.90 Å². The highest BCUT2D eigenvalue weighted by molar-refractivity contribution is 5.43. The molecule has 1 aliphatic rings. The van der Waals surface area contributed by atoms with E-state index in [1.807, 2.05) is 29.0 Å². The second-order valence-electron chi connectivity index (χ2n) is 9.17. The van der Waals surface area contributed by atoms with Crippen LogP contribution in [0.1, 0.15) is 17.5 Å². The van der Waals surface area contributed by atoms with Crippen LogP contribution < -0.4 is 14.2 Å². The largest absolute Gasteiger partial charge is 0.493 e. The number of benzene rings is 2. The Labute approximate surface area is 211 Å². The summed E-state index contributed by atoms with van der Waals surface area (Å²) in [7, 11) is 1.63. The first-order valence-electron chi connectivity index (χ1n) is 12.1. The maximum absolute atomic E-state index is 13.5. The number of imidazole rings is 1. The monoisotopic (exact) mass is 499 g/mol. The van der Waals surface area contributed by atoms with Crippen molar-refractivity contribution in [3.63, 3.8) is 0 Å². The van der Waals surface area contributed by atoms with Gasteiger partial charge in [-0.05, 0) is 54.8 Å². The minimum atomic E-state index is -1.19. The molecule has 0 spiro atoms. The highest BCUT2D eigenvalue weighted by Gasteiger charge is 2.33. The van der Waals surface area contributed by atoms with E-state index in [0.717, 1.165) is 18.5 Å². The summed E-state index contributed by atoms with van der Waals surface area (Å²) < 4.78 is 38.5. The number of aliphatic hydroxyl groups is 1. The third-order valence-electron chi connectivity index (χ3n) is 6.09. The molecule has 1 aromatic heterocycles. The zero-order chi connectivity index (χ0) is 25.4. The molecule has 0 aliphatic carbocycles. The van der Waals surface area contributed by atoms with Crippen LogP contribution in [0.5, 0.6) is 17.2 Å². The van der Waals surface area contributed by atoms with Gasteiger partial charge in [0, 0.05) is 38.6 Å². The molecular weight excluding hydrogens is 465 g/mol. The average Bonchev–Trinajstić information content (AvgIpc) is 3.32. The summed E-state index contributed by atoms with van der Waals surface area (Å²) in [4.78, 5) is 6.18. The lowest BCUT2D eigenvalue weighted by Gasteiger charge is -2.30. The first-order chi connectivity index (χ1) is 17.4. The molecule has 1 fully saturated rings. The maximum Gasteiger partial charge on any atom is 0.161 e. The fourth-order valence-corrected chi connectivity index (χ4v) is 4.18. The zero-order valence-electron chi connectivity index (χ0n) is 20.9. The van der Waals surface area contributed by atoms with E-state index in [4.69, 9.17) is 18.9 Å². The van der Waals surface area contributed by atoms with Crippen molar-refractivity contribution < 1.29 is 28.4 Å².